The highest BCUT2D eigenvalue weighted by atomic mass is 32.2. The first-order valence-electron chi connectivity index (χ1n) is 19.5. The molecule has 15 heteroatoms. The summed E-state index contributed by atoms with van der Waals surface area (Å²) in [5, 5.41) is 6.64. The molecule has 2 aliphatic carbocycles. The average Bonchev–Trinajstić information content (AvgIpc) is 4.04. The summed E-state index contributed by atoms with van der Waals surface area (Å²) in [6.45, 7) is 11.8. The molecular formula is C40H61N5O9S. The van der Waals surface area contributed by atoms with Gasteiger partial charge in [0, 0.05) is 28.2 Å². The highest BCUT2D eigenvalue weighted by Gasteiger charge is 2.62. The van der Waals surface area contributed by atoms with Gasteiger partial charge in [-0.1, -0.05) is 32.9 Å². The van der Waals surface area contributed by atoms with Crippen LogP contribution in [0.4, 0.5) is 4.79 Å². The van der Waals surface area contributed by atoms with Crippen LogP contribution >= 0.6 is 0 Å². The first-order valence-corrected chi connectivity index (χ1v) is 21.1. The van der Waals surface area contributed by atoms with Crippen LogP contribution in [0.1, 0.15) is 97.2 Å². The van der Waals surface area contributed by atoms with Crippen LogP contribution in [0.25, 0.3) is 10.8 Å². The Morgan fingerprint density at radius 3 is 2.58 bits per heavy atom. The van der Waals surface area contributed by atoms with E-state index in [9.17, 15) is 27.6 Å². The van der Waals surface area contributed by atoms with Crippen molar-refractivity contribution in [3.8, 4) is 11.6 Å². The number of carbonyl (C=O) groups is 4. The van der Waals surface area contributed by atoms with Crippen LogP contribution in [0.3, 0.4) is 0 Å². The Labute approximate surface area is 328 Å². The predicted molar refractivity (Wildman–Crippen MR) is 212 cm³/mol. The van der Waals surface area contributed by atoms with Crippen molar-refractivity contribution in [1.82, 2.24) is 25.2 Å². The summed E-state index contributed by atoms with van der Waals surface area (Å²) >= 11 is 0. The molecule has 6 rings (SSSR count). The minimum Gasteiger partial charge on any atom is -0.494 e. The zero-order valence-electron chi connectivity index (χ0n) is 32.6. The van der Waals surface area contributed by atoms with Gasteiger partial charge in [0.2, 0.25) is 27.7 Å². The van der Waals surface area contributed by atoms with Crippen LogP contribution < -0.4 is 24.8 Å². The van der Waals surface area contributed by atoms with Gasteiger partial charge >= 0.3 is 6.09 Å². The standard InChI is InChI=1S/C40H55N5O9S.3H2/c1-7-18-52-28-12-15-31-26(20-28)16-17-41-35(31)53-29-21-32-34(46)43-40(37(48)44-55(50,51)30-13-14-30)22-27(40)11-9-8-10-24(2)19-25(3)33(36(47)45(32)23-29)42-38(49)54-39(4,5)6;;;/h9,11-12,15-17,20,24-25,27,29-30,32-33H,7-8,10,13-14,18-19,21-23H2,1-6H3,(H,42,49)(H,43,46)(H,44,48);3*1H/b11-9-;;;/t24-,25-,27-,29-,32+,33+,40-;;;/m1.../s1. The Morgan fingerprint density at radius 2 is 1.87 bits per heavy atom. The molecule has 1 aromatic heterocycles. The normalized spacial score (nSPS) is 29.5. The fraction of sp³-hybridized carbons (Fsp3) is 0.625. The van der Waals surface area contributed by atoms with Crippen molar-refractivity contribution in [2.45, 2.75) is 127 Å². The van der Waals surface area contributed by atoms with Gasteiger partial charge in [-0.25, -0.2) is 18.2 Å². The molecule has 0 bridgehead atoms. The number of hydrogen-bond donors (Lipinski definition) is 3. The van der Waals surface area contributed by atoms with Crippen molar-refractivity contribution in [3.05, 3.63) is 42.6 Å². The summed E-state index contributed by atoms with van der Waals surface area (Å²) in [5.74, 6) is -1.48. The molecule has 306 valence electrons. The molecule has 2 aromatic rings. The minimum absolute atomic E-state index is 0. The highest BCUT2D eigenvalue weighted by molar-refractivity contribution is 7.91. The molecule has 2 saturated carbocycles. The number of alkyl carbamates (subject to hydrolysis) is 1. The van der Waals surface area contributed by atoms with Crippen LogP contribution in [0.15, 0.2) is 42.6 Å². The van der Waals surface area contributed by atoms with Gasteiger partial charge in [-0.15, -0.1) is 0 Å². The number of benzene rings is 1. The lowest BCUT2D eigenvalue weighted by molar-refractivity contribution is -0.142. The Balaban J connectivity index is 0.00000300. The first-order chi connectivity index (χ1) is 26.0. The monoisotopic (exact) mass is 787 g/mol. The van der Waals surface area contributed by atoms with Crippen LogP contribution in [-0.2, 0) is 29.1 Å². The molecule has 14 nitrogen and oxygen atoms in total. The van der Waals surface area contributed by atoms with Crippen molar-refractivity contribution in [1.29, 1.82) is 0 Å². The van der Waals surface area contributed by atoms with E-state index in [1.165, 1.54) is 4.90 Å². The van der Waals surface area contributed by atoms with Gasteiger partial charge in [0.05, 0.1) is 18.4 Å². The molecule has 0 unspecified atom stereocenters. The number of sulfonamides is 1. The molecule has 3 heterocycles. The van der Waals surface area contributed by atoms with E-state index < -0.39 is 74.3 Å². The molecule has 7 atom stereocenters. The fourth-order valence-electron chi connectivity index (χ4n) is 7.62. The Kier molecular flexibility index (Phi) is 11.7. The van der Waals surface area contributed by atoms with Gasteiger partial charge in [0.25, 0.3) is 5.91 Å². The SMILES string of the molecule is CCCOc1ccc2c(O[C@@H]3C[C@H]4C(=O)N[C@]5(C(=O)NS(=O)(=O)C6CC6)C[C@H]5/C=C\CC[C@@H](C)C[C@@H](C)[C@H](NC(=O)OC(C)(C)C)C(=O)N4C3)nccc2c1.[HH].[HH].[HH]. The lowest BCUT2D eigenvalue weighted by atomic mass is 9.88. The maximum absolute atomic E-state index is 14.8. The third kappa shape index (κ3) is 9.53. The highest BCUT2D eigenvalue weighted by Crippen LogP contribution is 2.46. The van der Waals surface area contributed by atoms with Gasteiger partial charge < -0.3 is 29.7 Å². The number of aromatic nitrogens is 1. The Bertz CT molecular complexity index is 1940. The summed E-state index contributed by atoms with van der Waals surface area (Å²) in [7, 11) is -3.90. The zero-order valence-corrected chi connectivity index (χ0v) is 33.4. The van der Waals surface area contributed by atoms with Gasteiger partial charge in [-0.05, 0) is 107 Å². The molecule has 2 aliphatic heterocycles. The number of amides is 4. The molecule has 3 fully saturated rings. The van der Waals surface area contributed by atoms with E-state index in [2.05, 4.69) is 27.3 Å². The second-order valence-electron chi connectivity index (χ2n) is 16.7. The van der Waals surface area contributed by atoms with E-state index in [1.807, 2.05) is 50.3 Å². The Morgan fingerprint density at radius 1 is 1.11 bits per heavy atom. The van der Waals surface area contributed by atoms with Crippen molar-refractivity contribution < 1.29 is 46.1 Å². The third-order valence-corrected chi connectivity index (χ3v) is 12.6. The van der Waals surface area contributed by atoms with Crippen LogP contribution in [0.2, 0.25) is 0 Å². The minimum atomic E-state index is -3.90. The summed E-state index contributed by atoms with van der Waals surface area (Å²) < 4.78 is 45.8. The number of pyridine rings is 1. The fourth-order valence-corrected chi connectivity index (χ4v) is 8.99. The summed E-state index contributed by atoms with van der Waals surface area (Å²) in [4.78, 5) is 62.1. The van der Waals surface area contributed by atoms with E-state index in [-0.39, 0.29) is 35.5 Å². The van der Waals surface area contributed by atoms with E-state index >= 15 is 0 Å². The molecule has 4 aliphatic rings. The Hall–Kier alpha value is -4.40. The molecule has 55 heavy (non-hydrogen) atoms. The predicted octanol–water partition coefficient (Wildman–Crippen LogP) is 5.50. The second-order valence-corrected chi connectivity index (χ2v) is 18.7. The molecule has 3 N–H and O–H groups in total. The number of fused-ring (bicyclic) bond motifs is 3. The number of ether oxygens (including phenoxy) is 3. The lowest BCUT2D eigenvalue weighted by Crippen LogP contribution is -2.59. The van der Waals surface area contributed by atoms with Crippen molar-refractivity contribution in [2.75, 3.05) is 13.2 Å². The molecule has 0 radical (unpaired) electrons. The zero-order chi connectivity index (χ0) is 39.7. The number of rotatable bonds is 9. The first kappa shape index (κ1) is 40.3. The van der Waals surface area contributed by atoms with Gasteiger partial charge in [0.15, 0.2) is 0 Å². The maximum atomic E-state index is 14.8. The number of carbonyl (C=O) groups excluding carboxylic acids is 4. The van der Waals surface area contributed by atoms with Crippen molar-refractivity contribution in [3.63, 3.8) is 0 Å². The van der Waals surface area contributed by atoms with Crippen LogP contribution in [0, 0.1) is 17.8 Å². The molecule has 4 amide bonds. The van der Waals surface area contributed by atoms with E-state index in [0.717, 1.165) is 23.6 Å². The van der Waals surface area contributed by atoms with Crippen molar-refractivity contribution >= 4 is 44.6 Å². The molecule has 0 spiro atoms. The quantitative estimate of drug-likeness (QED) is 0.275. The van der Waals surface area contributed by atoms with Crippen molar-refractivity contribution in [2.24, 2.45) is 17.8 Å². The van der Waals surface area contributed by atoms with Crippen LogP contribution in [-0.4, -0.2) is 89.8 Å². The molecule has 1 saturated heterocycles. The van der Waals surface area contributed by atoms with Gasteiger partial charge in [-0.2, -0.15) is 0 Å². The van der Waals surface area contributed by atoms with Gasteiger partial charge in [-0.3, -0.25) is 19.1 Å². The van der Waals surface area contributed by atoms with E-state index in [1.54, 1.807) is 27.0 Å². The van der Waals surface area contributed by atoms with Gasteiger partial charge in [0.1, 0.15) is 35.1 Å². The number of hydrogen-bond acceptors (Lipinski definition) is 10. The largest absolute Gasteiger partial charge is 0.494 e. The lowest BCUT2D eigenvalue weighted by Gasteiger charge is -2.33. The smallest absolute Gasteiger partial charge is 0.408 e. The number of nitrogens with zero attached hydrogens (tertiary/aromatic N) is 2. The summed E-state index contributed by atoms with van der Waals surface area (Å²) in [6, 6.07) is 5.29. The van der Waals surface area contributed by atoms with E-state index in [4.69, 9.17) is 14.2 Å². The topological polar surface area (TPSA) is 182 Å². The van der Waals surface area contributed by atoms with E-state index in [0.29, 0.717) is 43.9 Å². The summed E-state index contributed by atoms with van der Waals surface area (Å²) in [6.07, 6.45) is 8.13. The maximum Gasteiger partial charge on any atom is 0.408 e. The molecular weight excluding hydrogens is 727 g/mol. The molecule has 1 aromatic carbocycles. The van der Waals surface area contributed by atoms with Crippen LogP contribution in [0.5, 0.6) is 11.6 Å². The number of allylic oxidation sites excluding steroid dienone is 1. The third-order valence-electron chi connectivity index (χ3n) is 10.7. The number of nitrogens with one attached hydrogen (secondary N) is 3. The average molecular weight is 788 g/mol. The summed E-state index contributed by atoms with van der Waals surface area (Å²) in [5.41, 5.74) is -2.33. The second kappa shape index (κ2) is 16.0.